The maximum absolute atomic E-state index is 5.98. The predicted octanol–water partition coefficient (Wildman–Crippen LogP) is 3.62. The number of hydrogen-bond donors (Lipinski definition) is 2. The van der Waals surface area contributed by atoms with Crippen molar-refractivity contribution in [3.05, 3.63) is 47.7 Å². The minimum absolute atomic E-state index is 0.536. The van der Waals surface area contributed by atoms with Gasteiger partial charge in [-0.2, -0.15) is 0 Å². The van der Waals surface area contributed by atoms with Crippen LogP contribution in [0.3, 0.4) is 0 Å². The van der Waals surface area contributed by atoms with E-state index in [9.17, 15) is 0 Å². The summed E-state index contributed by atoms with van der Waals surface area (Å²) in [5, 5.41) is 4.69. The molecule has 0 aliphatic rings. The van der Waals surface area contributed by atoms with Crippen molar-refractivity contribution < 1.29 is 4.74 Å². The molecule has 1 aromatic heterocycles. The van der Waals surface area contributed by atoms with Crippen molar-refractivity contribution in [1.29, 1.82) is 0 Å². The van der Waals surface area contributed by atoms with Crippen LogP contribution in [0.1, 0.15) is 0 Å². The monoisotopic (exact) mass is 300 g/mol. The number of nitrogens with two attached hydrogens (primary N) is 1. The molecule has 6 heteroatoms. The van der Waals surface area contributed by atoms with Gasteiger partial charge in [0.2, 0.25) is 0 Å². The second-order valence-corrected chi connectivity index (χ2v) is 4.91. The fraction of sp³-hybridized carbons (Fsp3) is 0.0667. The van der Waals surface area contributed by atoms with Crippen LogP contribution in [-0.4, -0.2) is 17.1 Å². The third kappa shape index (κ3) is 2.68. The Bertz CT molecular complexity index is 807. The summed E-state index contributed by atoms with van der Waals surface area (Å²) in [6.45, 7) is 0. The number of halogens is 1. The van der Waals surface area contributed by atoms with Crippen LogP contribution in [0.4, 0.5) is 17.2 Å². The lowest BCUT2D eigenvalue weighted by atomic mass is 10.2. The van der Waals surface area contributed by atoms with Crippen LogP contribution in [0.2, 0.25) is 5.02 Å². The van der Waals surface area contributed by atoms with Gasteiger partial charge < -0.3 is 15.8 Å². The Morgan fingerprint density at radius 3 is 2.81 bits per heavy atom. The van der Waals surface area contributed by atoms with E-state index in [4.69, 9.17) is 22.1 Å². The van der Waals surface area contributed by atoms with Gasteiger partial charge >= 0.3 is 0 Å². The standard InChI is InChI=1S/C15H13ClN4O/c1-21-14-7-13-11(6-12(14)17)15(19-8-18-13)20-10-4-2-3-9(16)5-10/h2-8H,17H2,1H3,(H,18,19,20). The van der Waals surface area contributed by atoms with Crippen molar-refractivity contribution >= 4 is 39.7 Å². The topological polar surface area (TPSA) is 73.1 Å². The molecule has 1 heterocycles. The average Bonchev–Trinajstić information content (AvgIpc) is 2.47. The molecule has 0 spiro atoms. The van der Waals surface area contributed by atoms with E-state index < -0.39 is 0 Å². The molecule has 0 saturated heterocycles. The average molecular weight is 301 g/mol. The highest BCUT2D eigenvalue weighted by atomic mass is 35.5. The fourth-order valence-electron chi connectivity index (χ4n) is 2.08. The number of ether oxygens (including phenoxy) is 1. The van der Waals surface area contributed by atoms with Crippen LogP contribution in [-0.2, 0) is 0 Å². The van der Waals surface area contributed by atoms with Gasteiger partial charge in [-0.15, -0.1) is 0 Å². The molecule has 0 aliphatic carbocycles. The third-order valence-electron chi connectivity index (χ3n) is 3.07. The van der Waals surface area contributed by atoms with Crippen molar-refractivity contribution in [2.75, 3.05) is 18.2 Å². The first-order valence-corrected chi connectivity index (χ1v) is 6.66. The second kappa shape index (κ2) is 5.46. The Balaban J connectivity index is 2.08. The molecule has 0 atom stereocenters. The van der Waals surface area contributed by atoms with Crippen molar-refractivity contribution in [2.45, 2.75) is 0 Å². The fourth-order valence-corrected chi connectivity index (χ4v) is 2.27. The van der Waals surface area contributed by atoms with Gasteiger partial charge in [0.1, 0.15) is 17.9 Å². The Kier molecular flexibility index (Phi) is 3.50. The Labute approximate surface area is 126 Å². The summed E-state index contributed by atoms with van der Waals surface area (Å²) in [6, 6.07) is 11.0. The Hall–Kier alpha value is -2.53. The first-order chi connectivity index (χ1) is 10.2. The summed E-state index contributed by atoms with van der Waals surface area (Å²) in [6.07, 6.45) is 1.49. The lowest BCUT2D eigenvalue weighted by molar-refractivity contribution is 0.417. The summed E-state index contributed by atoms with van der Waals surface area (Å²) in [5.74, 6) is 1.26. The molecule has 0 saturated carbocycles. The first kappa shape index (κ1) is 13.5. The lowest BCUT2D eigenvalue weighted by Gasteiger charge is -2.11. The van der Waals surface area contributed by atoms with E-state index in [1.807, 2.05) is 24.3 Å². The molecule has 3 N–H and O–H groups in total. The van der Waals surface area contributed by atoms with Crippen LogP contribution < -0.4 is 15.8 Å². The third-order valence-corrected chi connectivity index (χ3v) is 3.31. The van der Waals surface area contributed by atoms with Crippen molar-refractivity contribution in [3.63, 3.8) is 0 Å². The summed E-state index contributed by atoms with van der Waals surface area (Å²) in [5.41, 5.74) is 8.09. The number of nitrogens with one attached hydrogen (secondary N) is 1. The van der Waals surface area contributed by atoms with Crippen molar-refractivity contribution in [2.24, 2.45) is 0 Å². The van der Waals surface area contributed by atoms with Crippen LogP contribution in [0.5, 0.6) is 5.75 Å². The second-order valence-electron chi connectivity index (χ2n) is 4.47. The number of fused-ring (bicyclic) bond motifs is 1. The summed E-state index contributed by atoms with van der Waals surface area (Å²) < 4.78 is 5.20. The van der Waals surface area contributed by atoms with Gasteiger partial charge in [-0.05, 0) is 24.3 Å². The number of aromatic nitrogens is 2. The number of nitrogen functional groups attached to an aromatic ring is 1. The van der Waals surface area contributed by atoms with Gasteiger partial charge in [-0.3, -0.25) is 0 Å². The molecular weight excluding hydrogens is 288 g/mol. The molecular formula is C15H13ClN4O. The molecule has 0 radical (unpaired) electrons. The van der Waals surface area contributed by atoms with Gasteiger partial charge in [0.25, 0.3) is 0 Å². The van der Waals surface area contributed by atoms with Crippen LogP contribution in [0.25, 0.3) is 10.9 Å². The maximum atomic E-state index is 5.98. The van der Waals surface area contributed by atoms with E-state index in [0.717, 1.165) is 16.6 Å². The molecule has 106 valence electrons. The molecule has 5 nitrogen and oxygen atoms in total. The zero-order valence-corrected chi connectivity index (χ0v) is 12.1. The van der Waals surface area contributed by atoms with Crippen LogP contribution in [0, 0.1) is 0 Å². The minimum Gasteiger partial charge on any atom is -0.495 e. The molecule has 21 heavy (non-hydrogen) atoms. The van der Waals surface area contributed by atoms with E-state index in [2.05, 4.69) is 15.3 Å². The Morgan fingerprint density at radius 1 is 1.19 bits per heavy atom. The van der Waals surface area contributed by atoms with Crippen molar-refractivity contribution in [1.82, 2.24) is 9.97 Å². The van der Waals surface area contributed by atoms with E-state index in [0.29, 0.717) is 22.3 Å². The zero-order chi connectivity index (χ0) is 14.8. The van der Waals surface area contributed by atoms with E-state index in [1.54, 1.807) is 19.2 Å². The highest BCUT2D eigenvalue weighted by molar-refractivity contribution is 6.30. The molecule has 0 amide bonds. The number of benzene rings is 2. The number of anilines is 3. The summed E-state index contributed by atoms with van der Waals surface area (Å²) in [7, 11) is 1.57. The molecule has 0 aliphatic heterocycles. The van der Waals surface area contributed by atoms with E-state index >= 15 is 0 Å². The maximum Gasteiger partial charge on any atom is 0.143 e. The van der Waals surface area contributed by atoms with Gasteiger partial charge in [-0.25, -0.2) is 9.97 Å². The smallest absolute Gasteiger partial charge is 0.143 e. The summed E-state index contributed by atoms with van der Waals surface area (Å²) in [4.78, 5) is 8.50. The quantitative estimate of drug-likeness (QED) is 0.723. The number of rotatable bonds is 3. The minimum atomic E-state index is 0.536. The SMILES string of the molecule is COc1cc2ncnc(Nc3cccc(Cl)c3)c2cc1N. The predicted molar refractivity (Wildman–Crippen MR) is 85.2 cm³/mol. The van der Waals surface area contributed by atoms with Gasteiger partial charge in [0, 0.05) is 22.2 Å². The van der Waals surface area contributed by atoms with Gasteiger partial charge in [0.15, 0.2) is 0 Å². The van der Waals surface area contributed by atoms with E-state index in [1.165, 1.54) is 6.33 Å². The highest BCUT2D eigenvalue weighted by Gasteiger charge is 2.08. The molecule has 0 bridgehead atoms. The number of hydrogen-bond acceptors (Lipinski definition) is 5. The van der Waals surface area contributed by atoms with Crippen molar-refractivity contribution in [3.8, 4) is 5.75 Å². The van der Waals surface area contributed by atoms with Crippen LogP contribution >= 0.6 is 11.6 Å². The van der Waals surface area contributed by atoms with Gasteiger partial charge in [0.05, 0.1) is 18.3 Å². The zero-order valence-electron chi connectivity index (χ0n) is 11.3. The number of methoxy groups -OCH3 is 1. The molecule has 3 aromatic rings. The Morgan fingerprint density at radius 2 is 2.05 bits per heavy atom. The molecule has 2 aromatic carbocycles. The molecule has 3 rings (SSSR count). The molecule has 0 fully saturated rings. The largest absolute Gasteiger partial charge is 0.495 e. The first-order valence-electron chi connectivity index (χ1n) is 6.28. The number of nitrogens with zero attached hydrogens (tertiary/aromatic N) is 2. The van der Waals surface area contributed by atoms with Crippen LogP contribution in [0.15, 0.2) is 42.7 Å². The van der Waals surface area contributed by atoms with Gasteiger partial charge in [-0.1, -0.05) is 17.7 Å². The normalized spacial score (nSPS) is 10.6. The molecule has 0 unspecified atom stereocenters. The van der Waals surface area contributed by atoms with E-state index in [-0.39, 0.29) is 0 Å². The summed E-state index contributed by atoms with van der Waals surface area (Å²) >= 11 is 5.98. The highest BCUT2D eigenvalue weighted by Crippen LogP contribution is 2.31. The lowest BCUT2D eigenvalue weighted by Crippen LogP contribution is -1.98.